The first-order valence-corrected chi connectivity index (χ1v) is 8.13. The number of rotatable bonds is 9. The van der Waals surface area contributed by atoms with Crippen molar-refractivity contribution in [2.75, 3.05) is 14.2 Å². The van der Waals surface area contributed by atoms with Crippen LogP contribution in [-0.2, 0) is 20.9 Å². The Labute approximate surface area is 147 Å². The minimum atomic E-state index is -0.313. The summed E-state index contributed by atoms with van der Waals surface area (Å²) in [4.78, 5) is 27.1. The van der Waals surface area contributed by atoms with E-state index in [-0.39, 0.29) is 24.1 Å². The third-order valence-electron chi connectivity index (χ3n) is 3.90. The second-order valence-electron chi connectivity index (χ2n) is 5.78. The van der Waals surface area contributed by atoms with Gasteiger partial charge >= 0.3 is 5.97 Å². The van der Waals surface area contributed by atoms with Crippen molar-refractivity contribution in [2.45, 2.75) is 38.6 Å². The van der Waals surface area contributed by atoms with E-state index in [4.69, 9.17) is 9.47 Å². The first-order chi connectivity index (χ1) is 12.0. The molecule has 0 saturated carbocycles. The van der Waals surface area contributed by atoms with Crippen LogP contribution in [0.15, 0.2) is 30.6 Å². The number of hydrogen-bond donors (Lipinski definition) is 0. The molecule has 0 aliphatic heterocycles. The normalized spacial score (nSPS) is 11.8. The first-order valence-electron chi connectivity index (χ1n) is 8.13. The molecule has 7 nitrogen and oxygen atoms in total. The van der Waals surface area contributed by atoms with Crippen molar-refractivity contribution >= 4 is 11.8 Å². The van der Waals surface area contributed by atoms with Gasteiger partial charge < -0.3 is 14.3 Å². The second kappa shape index (κ2) is 8.96. The third-order valence-corrected chi connectivity index (χ3v) is 3.90. The van der Waals surface area contributed by atoms with Gasteiger partial charge in [0.05, 0.1) is 26.3 Å². The van der Waals surface area contributed by atoms with E-state index in [2.05, 4.69) is 10.1 Å². The highest BCUT2D eigenvalue weighted by Gasteiger charge is 2.21. The van der Waals surface area contributed by atoms with Gasteiger partial charge in [0, 0.05) is 37.3 Å². The molecule has 2 rings (SSSR count). The van der Waals surface area contributed by atoms with Crippen LogP contribution >= 0.6 is 0 Å². The number of Topliss-reactive ketones (excluding diaryl/α,β-unsaturated/α-hetero) is 1. The largest absolute Gasteiger partial charge is 0.481 e. The Morgan fingerprint density at radius 3 is 2.64 bits per heavy atom. The lowest BCUT2D eigenvalue weighted by Crippen LogP contribution is -2.12. The molecule has 0 N–H and O–H groups in total. The molecule has 0 aliphatic carbocycles. The molecule has 2 aromatic heterocycles. The Morgan fingerprint density at radius 1 is 1.24 bits per heavy atom. The van der Waals surface area contributed by atoms with Crippen LogP contribution in [0.5, 0.6) is 5.88 Å². The highest BCUT2D eigenvalue weighted by atomic mass is 16.5. The Morgan fingerprint density at radius 2 is 2.04 bits per heavy atom. The molecule has 2 heterocycles. The third kappa shape index (κ3) is 5.41. The Hall–Kier alpha value is -2.70. The van der Waals surface area contributed by atoms with Gasteiger partial charge in [-0.1, -0.05) is 6.07 Å². The van der Waals surface area contributed by atoms with E-state index >= 15 is 0 Å². The first kappa shape index (κ1) is 18.6. The molecule has 0 amide bonds. The van der Waals surface area contributed by atoms with E-state index < -0.39 is 0 Å². The summed E-state index contributed by atoms with van der Waals surface area (Å²) in [6.07, 6.45) is 4.98. The summed E-state index contributed by atoms with van der Waals surface area (Å²) in [5.74, 6) is 0.113. The van der Waals surface area contributed by atoms with E-state index in [1.165, 1.54) is 7.11 Å². The quantitative estimate of drug-likeness (QED) is 0.649. The maximum absolute atomic E-state index is 11.8. The van der Waals surface area contributed by atoms with Crippen LogP contribution in [0.1, 0.15) is 43.4 Å². The fourth-order valence-corrected chi connectivity index (χ4v) is 2.54. The van der Waals surface area contributed by atoms with Gasteiger partial charge in [-0.05, 0) is 25.0 Å². The van der Waals surface area contributed by atoms with Crippen LogP contribution in [-0.4, -0.2) is 40.7 Å². The van der Waals surface area contributed by atoms with Gasteiger partial charge in [0.25, 0.3) is 0 Å². The summed E-state index contributed by atoms with van der Waals surface area (Å²) < 4.78 is 11.7. The number of carbonyl (C=O) groups is 2. The fraction of sp³-hybridized carbons (Fsp3) is 0.444. The van der Waals surface area contributed by atoms with Crippen molar-refractivity contribution in [3.63, 3.8) is 0 Å². The minimum Gasteiger partial charge on any atom is -0.481 e. The highest BCUT2D eigenvalue weighted by molar-refractivity contribution is 5.75. The number of esters is 1. The van der Waals surface area contributed by atoms with Gasteiger partial charge in [0.15, 0.2) is 0 Å². The van der Waals surface area contributed by atoms with Crippen LogP contribution in [0.4, 0.5) is 0 Å². The average molecular weight is 345 g/mol. The molecule has 2 aromatic rings. The van der Waals surface area contributed by atoms with Gasteiger partial charge in [-0.3, -0.25) is 9.48 Å². The number of nitrogens with zero attached hydrogens (tertiary/aromatic N) is 3. The number of carbonyl (C=O) groups excluding carboxylic acids is 2. The lowest BCUT2D eigenvalue weighted by Gasteiger charge is -2.14. The maximum atomic E-state index is 11.8. The molecular formula is C18H23N3O4. The number of pyridine rings is 1. The molecule has 0 radical (unpaired) electrons. The molecule has 0 bridgehead atoms. The van der Waals surface area contributed by atoms with Gasteiger partial charge in [-0.25, -0.2) is 4.98 Å². The zero-order valence-electron chi connectivity index (χ0n) is 14.8. The van der Waals surface area contributed by atoms with Gasteiger partial charge in [-0.2, -0.15) is 5.10 Å². The van der Waals surface area contributed by atoms with Gasteiger partial charge in [0.1, 0.15) is 5.78 Å². The monoisotopic (exact) mass is 345 g/mol. The van der Waals surface area contributed by atoms with Crippen LogP contribution in [0.25, 0.3) is 0 Å². The lowest BCUT2D eigenvalue weighted by molar-refractivity contribution is -0.140. The smallest absolute Gasteiger partial charge is 0.306 e. The second-order valence-corrected chi connectivity index (χ2v) is 5.78. The fourth-order valence-electron chi connectivity index (χ4n) is 2.54. The molecule has 0 saturated heterocycles. The van der Waals surface area contributed by atoms with Crippen LogP contribution in [0, 0.1) is 0 Å². The number of ketones is 1. The summed E-state index contributed by atoms with van der Waals surface area (Å²) >= 11 is 0. The molecule has 0 spiro atoms. The van der Waals surface area contributed by atoms with Crippen molar-refractivity contribution in [3.8, 4) is 5.88 Å². The number of aryl methyl sites for hydroxylation is 1. The lowest BCUT2D eigenvalue weighted by atomic mass is 9.94. The van der Waals surface area contributed by atoms with E-state index in [0.717, 1.165) is 17.7 Å². The molecule has 0 fully saturated rings. The molecule has 1 atom stereocenters. The van der Waals surface area contributed by atoms with Crippen molar-refractivity contribution in [2.24, 2.45) is 0 Å². The standard InChI is InChI=1S/C18H23N3O4/c1-13(22)5-4-9-21-10-8-16(20-21)15(11-18(23)25-3)14-6-7-17(24-2)19-12-14/h6-8,10,12,15H,4-5,9,11H2,1-3H3. The average Bonchev–Trinajstić information content (AvgIpc) is 3.07. The topological polar surface area (TPSA) is 83.3 Å². The Kier molecular flexibility index (Phi) is 6.68. The SMILES string of the molecule is COC(=O)CC(c1ccc(OC)nc1)c1ccn(CCCC(C)=O)n1. The zero-order chi connectivity index (χ0) is 18.2. The van der Waals surface area contributed by atoms with Crippen LogP contribution in [0.2, 0.25) is 0 Å². The van der Waals surface area contributed by atoms with Crippen molar-refractivity contribution in [1.29, 1.82) is 0 Å². The van der Waals surface area contributed by atoms with E-state index in [1.807, 2.05) is 18.3 Å². The molecule has 134 valence electrons. The highest BCUT2D eigenvalue weighted by Crippen LogP contribution is 2.27. The summed E-state index contributed by atoms with van der Waals surface area (Å²) in [6, 6.07) is 5.50. The predicted octanol–water partition coefficient (Wildman–Crippen LogP) is 2.35. The number of methoxy groups -OCH3 is 2. The molecule has 7 heteroatoms. The summed E-state index contributed by atoms with van der Waals surface area (Å²) in [7, 11) is 2.92. The Bertz CT molecular complexity index is 709. The van der Waals surface area contributed by atoms with Crippen molar-refractivity contribution < 1.29 is 19.1 Å². The minimum absolute atomic E-state index is 0.167. The van der Waals surface area contributed by atoms with E-state index in [1.54, 1.807) is 31.0 Å². The molecule has 25 heavy (non-hydrogen) atoms. The molecule has 1 unspecified atom stereocenters. The number of aromatic nitrogens is 3. The van der Waals surface area contributed by atoms with Gasteiger partial charge in [0.2, 0.25) is 5.88 Å². The van der Waals surface area contributed by atoms with E-state index in [0.29, 0.717) is 18.8 Å². The molecule has 0 aliphatic rings. The zero-order valence-corrected chi connectivity index (χ0v) is 14.8. The van der Waals surface area contributed by atoms with E-state index in [9.17, 15) is 9.59 Å². The van der Waals surface area contributed by atoms with Crippen molar-refractivity contribution in [3.05, 3.63) is 41.9 Å². The number of ether oxygens (including phenoxy) is 2. The molecule has 0 aromatic carbocycles. The predicted molar refractivity (Wildman–Crippen MR) is 91.4 cm³/mol. The van der Waals surface area contributed by atoms with Crippen LogP contribution < -0.4 is 4.74 Å². The molecular weight excluding hydrogens is 322 g/mol. The maximum Gasteiger partial charge on any atom is 0.306 e. The van der Waals surface area contributed by atoms with Crippen LogP contribution in [0.3, 0.4) is 0 Å². The summed E-state index contributed by atoms with van der Waals surface area (Å²) in [5.41, 5.74) is 1.63. The van der Waals surface area contributed by atoms with Crippen molar-refractivity contribution in [1.82, 2.24) is 14.8 Å². The summed E-state index contributed by atoms with van der Waals surface area (Å²) in [5, 5.41) is 4.55. The van der Waals surface area contributed by atoms with Gasteiger partial charge in [-0.15, -0.1) is 0 Å². The summed E-state index contributed by atoms with van der Waals surface area (Å²) in [6.45, 7) is 2.24. The number of hydrogen-bond acceptors (Lipinski definition) is 6. The Balaban J connectivity index is 2.18.